The van der Waals surface area contributed by atoms with Gasteiger partial charge in [-0.2, -0.15) is 0 Å². The first-order valence-corrected chi connectivity index (χ1v) is 9.03. The van der Waals surface area contributed by atoms with Crippen molar-refractivity contribution in [2.24, 2.45) is 0 Å². The lowest BCUT2D eigenvalue weighted by molar-refractivity contribution is 0.111. The average molecular weight is 364 g/mol. The number of carbonyl (C=O) groups is 1. The monoisotopic (exact) mass is 363 g/mol. The highest BCUT2D eigenvalue weighted by molar-refractivity contribution is 6.35. The molecule has 5 heteroatoms. The highest BCUT2D eigenvalue weighted by atomic mass is 35.5. The zero-order valence-corrected chi connectivity index (χ0v) is 14.9. The second kappa shape index (κ2) is 7.26. The molecule has 1 saturated carbocycles. The molecule has 4 nitrogen and oxygen atoms in total. The van der Waals surface area contributed by atoms with Gasteiger partial charge in [-0.1, -0.05) is 72.3 Å². The number of benzene rings is 2. The molecule has 0 amide bonds. The Hall–Kier alpha value is -2.72. The summed E-state index contributed by atoms with van der Waals surface area (Å²) in [4.78, 5) is 20.3. The fraction of sp³-hybridized carbons (Fsp3) is 0.190. The molecule has 3 aromatic rings. The summed E-state index contributed by atoms with van der Waals surface area (Å²) in [7, 11) is 0. The van der Waals surface area contributed by atoms with Gasteiger partial charge in [0.1, 0.15) is 22.4 Å². The zero-order chi connectivity index (χ0) is 17.9. The van der Waals surface area contributed by atoms with Crippen LogP contribution in [0.2, 0.25) is 5.02 Å². The topological polar surface area (TPSA) is 54.9 Å². The van der Waals surface area contributed by atoms with Gasteiger partial charge >= 0.3 is 0 Å². The summed E-state index contributed by atoms with van der Waals surface area (Å²) in [6, 6.07) is 20.1. The van der Waals surface area contributed by atoms with Crippen molar-refractivity contribution >= 4 is 23.7 Å². The molecule has 1 aromatic heterocycles. The molecule has 4 rings (SSSR count). The van der Waals surface area contributed by atoms with E-state index in [2.05, 4.69) is 39.6 Å². The largest absolute Gasteiger partial charge is 0.358 e. The van der Waals surface area contributed by atoms with Crippen molar-refractivity contribution < 1.29 is 4.79 Å². The standard InChI is InChI=1S/C21H18ClN3O/c22-18-17(13-26)23-20(16-11-12-16)25-21(18)24-19(14-7-3-1-4-8-14)15-9-5-2-6-10-15/h1-10,13,16,19H,11-12H2,(H,23,24,25). The Morgan fingerprint density at radius 1 is 0.962 bits per heavy atom. The fourth-order valence-corrected chi connectivity index (χ4v) is 3.15. The number of rotatable bonds is 6. The smallest absolute Gasteiger partial charge is 0.170 e. The number of aldehydes is 1. The van der Waals surface area contributed by atoms with Crippen LogP contribution in [0.15, 0.2) is 60.7 Å². The van der Waals surface area contributed by atoms with Crippen molar-refractivity contribution in [2.75, 3.05) is 5.32 Å². The second-order valence-corrected chi connectivity index (χ2v) is 6.80. The Morgan fingerprint density at radius 3 is 2.04 bits per heavy atom. The third-order valence-electron chi connectivity index (χ3n) is 4.50. The van der Waals surface area contributed by atoms with Crippen LogP contribution in [-0.2, 0) is 0 Å². The minimum absolute atomic E-state index is 0.128. The van der Waals surface area contributed by atoms with E-state index in [0.717, 1.165) is 24.0 Å². The van der Waals surface area contributed by atoms with Crippen LogP contribution in [0.4, 0.5) is 5.82 Å². The number of nitrogens with one attached hydrogen (secondary N) is 1. The maximum Gasteiger partial charge on any atom is 0.170 e. The van der Waals surface area contributed by atoms with Crippen LogP contribution in [-0.4, -0.2) is 16.3 Å². The summed E-state index contributed by atoms with van der Waals surface area (Å²) in [5.41, 5.74) is 2.42. The Morgan fingerprint density at radius 2 is 1.54 bits per heavy atom. The van der Waals surface area contributed by atoms with Crippen molar-refractivity contribution in [3.8, 4) is 0 Å². The Labute approximate surface area is 157 Å². The number of halogens is 1. The minimum Gasteiger partial charge on any atom is -0.358 e. The number of hydrogen-bond acceptors (Lipinski definition) is 4. The van der Waals surface area contributed by atoms with Crippen molar-refractivity contribution in [1.82, 2.24) is 9.97 Å². The van der Waals surface area contributed by atoms with Gasteiger partial charge in [0.2, 0.25) is 0 Å². The van der Waals surface area contributed by atoms with Crippen LogP contribution in [0.1, 0.15) is 52.2 Å². The SMILES string of the molecule is O=Cc1nc(C2CC2)nc(NC(c2ccccc2)c2ccccc2)c1Cl. The Bertz CT molecular complexity index is 872. The number of nitrogens with zero attached hydrogens (tertiary/aromatic N) is 2. The van der Waals surface area contributed by atoms with E-state index in [-0.39, 0.29) is 16.8 Å². The van der Waals surface area contributed by atoms with Crippen molar-refractivity contribution in [3.05, 3.63) is 88.3 Å². The molecule has 0 radical (unpaired) electrons. The van der Waals surface area contributed by atoms with Crippen LogP contribution in [0, 0.1) is 0 Å². The van der Waals surface area contributed by atoms with Crippen LogP contribution >= 0.6 is 11.6 Å². The van der Waals surface area contributed by atoms with Gasteiger partial charge in [0.25, 0.3) is 0 Å². The highest BCUT2D eigenvalue weighted by Gasteiger charge is 2.29. The fourth-order valence-electron chi connectivity index (χ4n) is 2.97. The van der Waals surface area contributed by atoms with E-state index in [1.807, 2.05) is 36.4 Å². The quantitative estimate of drug-likeness (QED) is 0.624. The molecule has 0 atom stereocenters. The van der Waals surface area contributed by atoms with Crippen LogP contribution < -0.4 is 5.32 Å². The van der Waals surface area contributed by atoms with Gasteiger partial charge < -0.3 is 5.32 Å². The van der Waals surface area contributed by atoms with Gasteiger partial charge in [-0.25, -0.2) is 9.97 Å². The van der Waals surface area contributed by atoms with E-state index in [1.54, 1.807) is 0 Å². The summed E-state index contributed by atoms with van der Waals surface area (Å²) in [5, 5.41) is 3.70. The molecule has 0 unspecified atom stereocenters. The van der Waals surface area contributed by atoms with E-state index in [1.165, 1.54) is 0 Å². The second-order valence-electron chi connectivity index (χ2n) is 6.42. The van der Waals surface area contributed by atoms with Gasteiger partial charge in [-0.3, -0.25) is 4.79 Å². The number of anilines is 1. The molecule has 0 spiro atoms. The van der Waals surface area contributed by atoms with Gasteiger partial charge in [-0.15, -0.1) is 0 Å². The molecule has 0 bridgehead atoms. The summed E-state index contributed by atoms with van der Waals surface area (Å²) in [6.07, 6.45) is 2.81. The van der Waals surface area contributed by atoms with Gasteiger partial charge in [0.05, 0.1) is 6.04 Å². The van der Waals surface area contributed by atoms with Crippen LogP contribution in [0.5, 0.6) is 0 Å². The van der Waals surface area contributed by atoms with Gasteiger partial charge in [0, 0.05) is 5.92 Å². The first-order valence-electron chi connectivity index (χ1n) is 8.65. The van der Waals surface area contributed by atoms with E-state index in [0.29, 0.717) is 23.8 Å². The zero-order valence-electron chi connectivity index (χ0n) is 14.1. The number of aromatic nitrogens is 2. The molecule has 1 heterocycles. The van der Waals surface area contributed by atoms with Crippen LogP contribution in [0.25, 0.3) is 0 Å². The molecule has 0 saturated heterocycles. The maximum absolute atomic E-state index is 11.4. The third-order valence-corrected chi connectivity index (χ3v) is 4.87. The van der Waals surface area contributed by atoms with Crippen molar-refractivity contribution in [1.29, 1.82) is 0 Å². The summed E-state index contributed by atoms with van der Waals surface area (Å²) >= 11 is 6.41. The van der Waals surface area contributed by atoms with Gasteiger partial charge in [-0.05, 0) is 24.0 Å². The van der Waals surface area contributed by atoms with E-state index in [9.17, 15) is 4.79 Å². The summed E-state index contributed by atoms with van der Waals surface area (Å²) in [5.74, 6) is 1.53. The lowest BCUT2D eigenvalue weighted by atomic mass is 9.99. The predicted octanol–water partition coefficient (Wildman–Crippen LogP) is 5.02. The normalized spacial score (nSPS) is 13.6. The molecular formula is C21H18ClN3O. The minimum atomic E-state index is -0.128. The van der Waals surface area contributed by atoms with Crippen LogP contribution in [0.3, 0.4) is 0 Å². The molecular weight excluding hydrogens is 346 g/mol. The van der Waals surface area contributed by atoms with Crippen molar-refractivity contribution in [3.63, 3.8) is 0 Å². The Balaban J connectivity index is 1.76. The molecule has 130 valence electrons. The maximum atomic E-state index is 11.4. The molecule has 1 N–H and O–H groups in total. The first kappa shape index (κ1) is 16.7. The summed E-state index contributed by atoms with van der Waals surface area (Å²) < 4.78 is 0. The van der Waals surface area contributed by atoms with E-state index in [4.69, 9.17) is 11.6 Å². The first-order chi connectivity index (χ1) is 12.8. The van der Waals surface area contributed by atoms with Crippen molar-refractivity contribution in [2.45, 2.75) is 24.8 Å². The molecule has 1 fully saturated rings. The number of carbonyl (C=O) groups excluding carboxylic acids is 1. The summed E-state index contributed by atoms with van der Waals surface area (Å²) in [6.45, 7) is 0. The third kappa shape index (κ3) is 3.46. The highest BCUT2D eigenvalue weighted by Crippen LogP contribution is 2.40. The lowest BCUT2D eigenvalue weighted by Crippen LogP contribution is -2.15. The molecule has 0 aliphatic heterocycles. The van der Waals surface area contributed by atoms with E-state index < -0.39 is 0 Å². The molecule has 2 aromatic carbocycles. The number of hydrogen-bond donors (Lipinski definition) is 1. The molecule has 1 aliphatic rings. The Kier molecular flexibility index (Phi) is 4.67. The lowest BCUT2D eigenvalue weighted by Gasteiger charge is -2.21. The average Bonchev–Trinajstić information content (AvgIpc) is 3.54. The van der Waals surface area contributed by atoms with Gasteiger partial charge in [0.15, 0.2) is 6.29 Å². The predicted molar refractivity (Wildman–Crippen MR) is 103 cm³/mol. The molecule has 1 aliphatic carbocycles. The molecule has 26 heavy (non-hydrogen) atoms. The van der Waals surface area contributed by atoms with E-state index >= 15 is 0 Å².